The molecule has 2 aliphatic heterocycles. The molecule has 0 aliphatic carbocycles. The van der Waals surface area contributed by atoms with Crippen molar-refractivity contribution in [2.24, 2.45) is 0 Å². The van der Waals surface area contributed by atoms with Crippen molar-refractivity contribution >= 4 is 17.6 Å². The highest BCUT2D eigenvalue weighted by atomic mass is 32.2. The maximum atomic E-state index is 5.94. The van der Waals surface area contributed by atoms with Crippen LogP contribution in [0, 0.1) is 0 Å². The Bertz CT molecular complexity index is 423. The minimum absolute atomic E-state index is 0.164. The molecule has 0 radical (unpaired) electrons. The number of nitrogens with zero attached hydrogens (tertiary/aromatic N) is 2. The second kappa shape index (κ2) is 3.55. The third-order valence-electron chi connectivity index (χ3n) is 3.60. The Morgan fingerprint density at radius 2 is 2.44 bits per heavy atom. The third-order valence-corrected chi connectivity index (χ3v) is 4.36. The highest BCUT2D eigenvalue weighted by molar-refractivity contribution is 7.98. The second-order valence-electron chi connectivity index (χ2n) is 4.71. The van der Waals surface area contributed by atoms with E-state index in [1.807, 2.05) is 12.3 Å². The monoisotopic (exact) mass is 236 g/mol. The highest BCUT2D eigenvalue weighted by Crippen LogP contribution is 2.45. The van der Waals surface area contributed by atoms with Gasteiger partial charge in [0.25, 0.3) is 0 Å². The van der Waals surface area contributed by atoms with Crippen LogP contribution in [0.1, 0.15) is 19.8 Å². The van der Waals surface area contributed by atoms with E-state index in [1.54, 1.807) is 11.8 Å². The Morgan fingerprint density at radius 3 is 3.25 bits per heavy atom. The molecule has 16 heavy (non-hydrogen) atoms. The Kier molecular flexibility index (Phi) is 2.28. The molecule has 3 heterocycles. The molecular weight excluding hydrogens is 220 g/mol. The van der Waals surface area contributed by atoms with Gasteiger partial charge in [-0.05, 0) is 32.1 Å². The molecule has 0 spiro atoms. The summed E-state index contributed by atoms with van der Waals surface area (Å²) in [6.45, 7) is 4.17. The first-order valence-electron chi connectivity index (χ1n) is 5.68. The molecule has 4 heteroatoms. The lowest BCUT2D eigenvalue weighted by molar-refractivity contribution is 0.206. The molecule has 0 aromatic carbocycles. The maximum Gasteiger partial charge on any atom is 0.175 e. The van der Waals surface area contributed by atoms with Gasteiger partial charge >= 0.3 is 0 Å². The van der Waals surface area contributed by atoms with Crippen LogP contribution < -0.4 is 9.64 Å². The number of ether oxygens (including phenoxy) is 1. The number of hydrogen-bond donors (Lipinski definition) is 0. The summed E-state index contributed by atoms with van der Waals surface area (Å²) in [6, 6.07) is 2.03. The van der Waals surface area contributed by atoms with Gasteiger partial charge in [0.15, 0.2) is 11.6 Å². The maximum absolute atomic E-state index is 5.94. The van der Waals surface area contributed by atoms with E-state index in [4.69, 9.17) is 4.74 Å². The Labute approximate surface area is 100 Å². The summed E-state index contributed by atoms with van der Waals surface area (Å²) >= 11 is 1.72. The zero-order chi connectivity index (χ0) is 11.2. The van der Waals surface area contributed by atoms with Gasteiger partial charge in [-0.15, -0.1) is 11.8 Å². The summed E-state index contributed by atoms with van der Waals surface area (Å²) in [5.74, 6) is 2.02. The predicted octanol–water partition coefficient (Wildman–Crippen LogP) is 2.55. The number of aromatic nitrogens is 1. The lowest BCUT2D eigenvalue weighted by Gasteiger charge is -2.41. The smallest absolute Gasteiger partial charge is 0.175 e. The second-order valence-corrected chi connectivity index (χ2v) is 5.55. The Balaban J connectivity index is 2.10. The van der Waals surface area contributed by atoms with Crippen molar-refractivity contribution in [3.05, 3.63) is 12.3 Å². The number of anilines is 1. The van der Waals surface area contributed by atoms with E-state index in [0.717, 1.165) is 24.7 Å². The van der Waals surface area contributed by atoms with Crippen molar-refractivity contribution < 1.29 is 4.74 Å². The van der Waals surface area contributed by atoms with Gasteiger partial charge in [0.05, 0.1) is 10.4 Å². The van der Waals surface area contributed by atoms with E-state index < -0.39 is 0 Å². The van der Waals surface area contributed by atoms with E-state index >= 15 is 0 Å². The molecule has 0 bridgehead atoms. The summed E-state index contributed by atoms with van der Waals surface area (Å²) < 4.78 is 5.94. The minimum atomic E-state index is 0.164. The number of thioether (sulfide) groups is 1. The van der Waals surface area contributed by atoms with E-state index in [-0.39, 0.29) is 5.54 Å². The van der Waals surface area contributed by atoms with Crippen LogP contribution in [0.4, 0.5) is 5.82 Å². The summed E-state index contributed by atoms with van der Waals surface area (Å²) in [7, 11) is 0. The molecule has 86 valence electrons. The first kappa shape index (κ1) is 10.3. The zero-order valence-electron chi connectivity index (χ0n) is 9.69. The molecule has 1 saturated heterocycles. The van der Waals surface area contributed by atoms with E-state index in [9.17, 15) is 0 Å². The molecule has 0 N–H and O–H groups in total. The van der Waals surface area contributed by atoms with Gasteiger partial charge in [0.2, 0.25) is 0 Å². The molecule has 0 saturated carbocycles. The van der Waals surface area contributed by atoms with Gasteiger partial charge < -0.3 is 9.64 Å². The van der Waals surface area contributed by atoms with Crippen molar-refractivity contribution in [1.82, 2.24) is 4.98 Å². The van der Waals surface area contributed by atoms with Gasteiger partial charge in [0.1, 0.15) is 6.61 Å². The van der Waals surface area contributed by atoms with Crippen molar-refractivity contribution in [2.45, 2.75) is 30.2 Å². The largest absolute Gasteiger partial charge is 0.486 e. The standard InChI is InChI=1S/C12H16N2OS/c1-12-5-3-7-14(12)11-10(15-8-12)9(16-2)4-6-13-11/h4,6H,3,5,7-8H2,1-2H3/t12-/m1/s1. The molecule has 0 unspecified atom stereocenters. The molecule has 3 rings (SSSR count). The SMILES string of the molecule is CSc1ccnc2c1OC[C@@]1(C)CCCN21. The van der Waals surface area contributed by atoms with Gasteiger partial charge in [0, 0.05) is 12.7 Å². The molecule has 3 nitrogen and oxygen atoms in total. The highest BCUT2D eigenvalue weighted by Gasteiger charge is 2.43. The van der Waals surface area contributed by atoms with E-state index in [2.05, 4.69) is 23.1 Å². The fourth-order valence-electron chi connectivity index (χ4n) is 2.67. The molecule has 1 atom stereocenters. The number of pyridine rings is 1. The third kappa shape index (κ3) is 1.32. The minimum Gasteiger partial charge on any atom is -0.486 e. The van der Waals surface area contributed by atoms with Gasteiger partial charge in [-0.2, -0.15) is 0 Å². The Hall–Kier alpha value is -0.900. The summed E-state index contributed by atoms with van der Waals surface area (Å²) in [5, 5.41) is 0. The van der Waals surface area contributed by atoms with Crippen LogP contribution >= 0.6 is 11.8 Å². The van der Waals surface area contributed by atoms with Crippen LogP contribution in [-0.4, -0.2) is 29.9 Å². The van der Waals surface area contributed by atoms with Crippen LogP contribution in [0.2, 0.25) is 0 Å². The number of fused-ring (bicyclic) bond motifs is 3. The quantitative estimate of drug-likeness (QED) is 0.700. The predicted molar refractivity (Wildman–Crippen MR) is 66.5 cm³/mol. The number of hydrogen-bond acceptors (Lipinski definition) is 4. The lowest BCUT2D eigenvalue weighted by Crippen LogP contribution is -2.49. The topological polar surface area (TPSA) is 25.4 Å². The fourth-order valence-corrected chi connectivity index (χ4v) is 3.20. The molecule has 1 aromatic rings. The zero-order valence-corrected chi connectivity index (χ0v) is 10.5. The van der Waals surface area contributed by atoms with Crippen LogP contribution in [0.15, 0.2) is 17.2 Å². The molecular formula is C12H16N2OS. The van der Waals surface area contributed by atoms with Crippen molar-refractivity contribution in [2.75, 3.05) is 24.3 Å². The molecule has 2 aliphatic rings. The summed E-state index contributed by atoms with van der Waals surface area (Å²) in [4.78, 5) is 8.12. The van der Waals surface area contributed by atoms with Gasteiger partial charge in [-0.3, -0.25) is 0 Å². The van der Waals surface area contributed by atoms with Crippen LogP contribution in [0.25, 0.3) is 0 Å². The molecule has 0 amide bonds. The van der Waals surface area contributed by atoms with E-state index in [0.29, 0.717) is 0 Å². The average molecular weight is 236 g/mol. The molecule has 1 fully saturated rings. The average Bonchev–Trinajstić information content (AvgIpc) is 2.70. The molecule has 1 aromatic heterocycles. The van der Waals surface area contributed by atoms with Crippen LogP contribution in [0.5, 0.6) is 5.75 Å². The first-order chi connectivity index (χ1) is 7.74. The van der Waals surface area contributed by atoms with Crippen LogP contribution in [0.3, 0.4) is 0 Å². The normalized spacial score (nSPS) is 27.2. The number of rotatable bonds is 1. The van der Waals surface area contributed by atoms with Crippen molar-refractivity contribution in [1.29, 1.82) is 0 Å². The first-order valence-corrected chi connectivity index (χ1v) is 6.90. The summed E-state index contributed by atoms with van der Waals surface area (Å²) in [5.41, 5.74) is 0.164. The van der Waals surface area contributed by atoms with Gasteiger partial charge in [-0.1, -0.05) is 0 Å². The fraction of sp³-hybridized carbons (Fsp3) is 0.583. The van der Waals surface area contributed by atoms with Gasteiger partial charge in [-0.25, -0.2) is 4.98 Å². The van der Waals surface area contributed by atoms with E-state index in [1.165, 1.54) is 17.7 Å². The van der Waals surface area contributed by atoms with Crippen molar-refractivity contribution in [3.63, 3.8) is 0 Å². The Morgan fingerprint density at radius 1 is 1.56 bits per heavy atom. The van der Waals surface area contributed by atoms with Crippen LogP contribution in [-0.2, 0) is 0 Å². The summed E-state index contributed by atoms with van der Waals surface area (Å²) in [6.07, 6.45) is 6.41. The lowest BCUT2D eigenvalue weighted by atomic mass is 9.99. The van der Waals surface area contributed by atoms with Crippen molar-refractivity contribution in [3.8, 4) is 5.75 Å².